The number of nitrogens with zero attached hydrogens (tertiary/aromatic N) is 2. The summed E-state index contributed by atoms with van der Waals surface area (Å²) >= 11 is 0. The maximum Gasteiger partial charge on any atom is 0.238 e. The molecule has 0 atom stereocenters. The lowest BCUT2D eigenvalue weighted by atomic mass is 10.2. The van der Waals surface area contributed by atoms with Gasteiger partial charge in [0.2, 0.25) is 21.7 Å². The van der Waals surface area contributed by atoms with Gasteiger partial charge in [-0.1, -0.05) is 5.16 Å². The van der Waals surface area contributed by atoms with Crippen LogP contribution in [0.1, 0.15) is 24.7 Å². The number of hydrogen-bond acceptors (Lipinski definition) is 5. The van der Waals surface area contributed by atoms with Crippen LogP contribution in [0.2, 0.25) is 0 Å². The number of hydrogen-bond donors (Lipinski definition) is 1. The zero-order valence-corrected chi connectivity index (χ0v) is 10.2. The minimum atomic E-state index is -3.66. The molecule has 1 heterocycles. The van der Waals surface area contributed by atoms with E-state index in [1.807, 2.05) is 0 Å². The second-order valence-corrected chi connectivity index (χ2v) is 5.86. The molecule has 0 aliphatic heterocycles. The molecule has 1 saturated carbocycles. The largest absolute Gasteiger partial charge is 0.339 e. The first-order chi connectivity index (χ1) is 8.54. The molecular formula is C11H11N3O3S. The van der Waals surface area contributed by atoms with Crippen LogP contribution in [0.25, 0.3) is 11.4 Å². The molecule has 2 N–H and O–H groups in total. The summed E-state index contributed by atoms with van der Waals surface area (Å²) in [6.45, 7) is 0. The van der Waals surface area contributed by atoms with Crippen LogP contribution in [0, 0.1) is 0 Å². The highest BCUT2D eigenvalue weighted by Crippen LogP contribution is 2.39. The van der Waals surface area contributed by atoms with Crippen molar-refractivity contribution in [3.05, 3.63) is 30.2 Å². The van der Waals surface area contributed by atoms with Crippen LogP contribution >= 0.6 is 0 Å². The topological polar surface area (TPSA) is 99.1 Å². The lowest BCUT2D eigenvalue weighted by Crippen LogP contribution is -2.11. The molecule has 1 aliphatic rings. The third kappa shape index (κ3) is 2.14. The lowest BCUT2D eigenvalue weighted by Gasteiger charge is -1.98. The Hall–Kier alpha value is -1.73. The van der Waals surface area contributed by atoms with E-state index in [9.17, 15) is 8.42 Å². The van der Waals surface area contributed by atoms with Crippen LogP contribution in [-0.2, 0) is 10.0 Å². The molecule has 18 heavy (non-hydrogen) atoms. The molecule has 0 amide bonds. The summed E-state index contributed by atoms with van der Waals surface area (Å²) in [5.74, 6) is 1.52. The summed E-state index contributed by atoms with van der Waals surface area (Å²) in [4.78, 5) is 4.34. The van der Waals surface area contributed by atoms with Crippen molar-refractivity contribution in [3.63, 3.8) is 0 Å². The third-order valence-electron chi connectivity index (χ3n) is 2.81. The van der Waals surface area contributed by atoms with E-state index in [1.54, 1.807) is 12.1 Å². The summed E-state index contributed by atoms with van der Waals surface area (Å²) in [6, 6.07) is 6.08. The monoisotopic (exact) mass is 265 g/mol. The van der Waals surface area contributed by atoms with Crippen molar-refractivity contribution in [1.29, 1.82) is 0 Å². The highest BCUT2D eigenvalue weighted by atomic mass is 32.2. The smallest absolute Gasteiger partial charge is 0.238 e. The van der Waals surface area contributed by atoms with Crippen molar-refractivity contribution >= 4 is 10.0 Å². The van der Waals surface area contributed by atoms with Gasteiger partial charge in [-0.3, -0.25) is 0 Å². The maximum absolute atomic E-state index is 11.1. The van der Waals surface area contributed by atoms with Crippen LogP contribution in [-0.4, -0.2) is 18.6 Å². The average molecular weight is 265 g/mol. The van der Waals surface area contributed by atoms with Crippen LogP contribution in [0.4, 0.5) is 0 Å². The Balaban J connectivity index is 1.91. The third-order valence-corrected chi connectivity index (χ3v) is 3.74. The summed E-state index contributed by atoms with van der Waals surface area (Å²) < 4.78 is 27.4. The van der Waals surface area contributed by atoms with Gasteiger partial charge in [-0.25, -0.2) is 13.6 Å². The van der Waals surface area contributed by atoms with Gasteiger partial charge in [0.1, 0.15) is 0 Å². The van der Waals surface area contributed by atoms with E-state index in [2.05, 4.69) is 10.1 Å². The SMILES string of the molecule is NS(=O)(=O)c1ccc(-c2noc(C3CC3)n2)cc1. The summed E-state index contributed by atoms with van der Waals surface area (Å²) in [5, 5.41) is 8.89. The summed E-state index contributed by atoms with van der Waals surface area (Å²) in [5.41, 5.74) is 0.707. The van der Waals surface area contributed by atoms with Gasteiger partial charge in [-0.2, -0.15) is 4.98 Å². The van der Waals surface area contributed by atoms with Gasteiger partial charge in [0, 0.05) is 11.5 Å². The zero-order chi connectivity index (χ0) is 12.8. The standard InChI is InChI=1S/C11H11N3O3S/c12-18(15,16)9-5-3-7(4-6-9)10-13-11(17-14-10)8-1-2-8/h3-6,8H,1-2H2,(H2,12,15,16). The second kappa shape index (κ2) is 3.89. The number of primary sulfonamides is 1. The predicted molar refractivity (Wildman–Crippen MR) is 63.1 cm³/mol. The van der Waals surface area contributed by atoms with E-state index < -0.39 is 10.0 Å². The molecule has 1 fully saturated rings. The van der Waals surface area contributed by atoms with Crippen molar-refractivity contribution in [3.8, 4) is 11.4 Å². The fourth-order valence-corrected chi connectivity index (χ4v) is 2.16. The normalized spacial score (nSPS) is 15.8. The molecule has 0 saturated heterocycles. The Bertz CT molecular complexity index is 672. The van der Waals surface area contributed by atoms with Crippen molar-refractivity contribution in [2.24, 2.45) is 5.14 Å². The van der Waals surface area contributed by atoms with Crippen LogP contribution < -0.4 is 5.14 Å². The number of benzene rings is 1. The summed E-state index contributed by atoms with van der Waals surface area (Å²) in [7, 11) is -3.66. The second-order valence-electron chi connectivity index (χ2n) is 4.30. The van der Waals surface area contributed by atoms with E-state index in [0.717, 1.165) is 12.8 Å². The number of aromatic nitrogens is 2. The minimum absolute atomic E-state index is 0.0668. The van der Waals surface area contributed by atoms with Crippen molar-refractivity contribution in [2.75, 3.05) is 0 Å². The van der Waals surface area contributed by atoms with Gasteiger partial charge in [-0.05, 0) is 37.1 Å². The zero-order valence-electron chi connectivity index (χ0n) is 9.41. The van der Waals surface area contributed by atoms with Crippen molar-refractivity contribution in [2.45, 2.75) is 23.7 Å². The Morgan fingerprint density at radius 2 is 1.89 bits per heavy atom. The van der Waals surface area contributed by atoms with Gasteiger partial charge in [0.25, 0.3) is 0 Å². The quantitative estimate of drug-likeness (QED) is 0.900. The fraction of sp³-hybridized carbons (Fsp3) is 0.273. The molecule has 0 spiro atoms. The molecule has 3 rings (SSSR count). The van der Waals surface area contributed by atoms with Crippen molar-refractivity contribution in [1.82, 2.24) is 10.1 Å². The van der Waals surface area contributed by atoms with Crippen LogP contribution in [0.3, 0.4) is 0 Å². The number of nitrogens with two attached hydrogens (primary N) is 1. The Morgan fingerprint density at radius 3 is 2.44 bits per heavy atom. The molecule has 1 aromatic carbocycles. The average Bonchev–Trinajstić information content (AvgIpc) is 3.06. The van der Waals surface area contributed by atoms with Crippen LogP contribution in [0.15, 0.2) is 33.7 Å². The minimum Gasteiger partial charge on any atom is -0.339 e. The van der Waals surface area contributed by atoms with Crippen LogP contribution in [0.5, 0.6) is 0 Å². The number of rotatable bonds is 3. The van der Waals surface area contributed by atoms with Gasteiger partial charge >= 0.3 is 0 Å². The molecule has 1 aliphatic carbocycles. The Morgan fingerprint density at radius 1 is 1.22 bits per heavy atom. The first kappa shape index (κ1) is 11.4. The van der Waals surface area contributed by atoms with E-state index in [4.69, 9.17) is 9.66 Å². The van der Waals surface area contributed by atoms with E-state index in [-0.39, 0.29) is 4.90 Å². The molecule has 6 nitrogen and oxygen atoms in total. The molecule has 0 bridgehead atoms. The lowest BCUT2D eigenvalue weighted by molar-refractivity contribution is 0.380. The maximum atomic E-state index is 11.1. The van der Waals surface area contributed by atoms with Gasteiger partial charge in [0.05, 0.1) is 4.90 Å². The Labute approximate surface area is 104 Å². The van der Waals surface area contributed by atoms with E-state index in [1.165, 1.54) is 12.1 Å². The first-order valence-electron chi connectivity index (χ1n) is 5.51. The highest BCUT2D eigenvalue weighted by Gasteiger charge is 2.29. The molecule has 1 aromatic heterocycles. The molecule has 0 unspecified atom stereocenters. The van der Waals surface area contributed by atoms with Crippen molar-refractivity contribution < 1.29 is 12.9 Å². The first-order valence-corrected chi connectivity index (χ1v) is 7.05. The van der Waals surface area contributed by atoms with E-state index >= 15 is 0 Å². The highest BCUT2D eigenvalue weighted by molar-refractivity contribution is 7.89. The molecule has 7 heteroatoms. The number of sulfonamides is 1. The molecular weight excluding hydrogens is 254 g/mol. The molecule has 94 valence electrons. The fourth-order valence-electron chi connectivity index (χ4n) is 1.64. The van der Waals surface area contributed by atoms with Gasteiger partial charge < -0.3 is 4.52 Å². The predicted octanol–water partition coefficient (Wildman–Crippen LogP) is 1.26. The molecule has 0 radical (unpaired) electrons. The van der Waals surface area contributed by atoms with E-state index in [0.29, 0.717) is 23.2 Å². The summed E-state index contributed by atoms with van der Waals surface area (Å²) in [6.07, 6.45) is 2.18. The van der Waals surface area contributed by atoms with Gasteiger partial charge in [0.15, 0.2) is 0 Å². The Kier molecular flexibility index (Phi) is 2.46. The molecule has 2 aromatic rings. The van der Waals surface area contributed by atoms with Gasteiger partial charge in [-0.15, -0.1) is 0 Å².